The average Bonchev–Trinajstić information content (AvgIpc) is 2.47. The smallest absolute Gasteiger partial charge is 0.407 e. The van der Waals surface area contributed by atoms with Gasteiger partial charge in [0.25, 0.3) is 0 Å². The molecule has 0 aliphatic carbocycles. The summed E-state index contributed by atoms with van der Waals surface area (Å²) in [5.74, 6) is 0.169. The highest BCUT2D eigenvalue weighted by Gasteiger charge is 2.26. The second kappa shape index (κ2) is 7.97. The van der Waals surface area contributed by atoms with E-state index in [1.54, 1.807) is 0 Å². The molecule has 2 amide bonds. The summed E-state index contributed by atoms with van der Waals surface area (Å²) < 4.78 is 10.6. The molecule has 0 aromatic rings. The Bertz CT molecular complexity index is 408. The number of nitrogens with one attached hydrogen (secondary N) is 1. The van der Waals surface area contributed by atoms with E-state index in [-0.39, 0.29) is 18.0 Å². The van der Waals surface area contributed by atoms with Gasteiger partial charge in [0, 0.05) is 32.2 Å². The molecular formula is C16H29N3O4. The third-order valence-electron chi connectivity index (χ3n) is 4.03. The van der Waals surface area contributed by atoms with Gasteiger partial charge < -0.3 is 19.7 Å². The van der Waals surface area contributed by atoms with Gasteiger partial charge in [0.05, 0.1) is 19.8 Å². The first-order valence-corrected chi connectivity index (χ1v) is 8.41. The number of carbonyl (C=O) groups is 2. The number of hydrogen-bond donors (Lipinski definition) is 1. The number of carbonyl (C=O) groups excluding carboxylic acids is 2. The number of likely N-dealkylation sites (tertiary alicyclic amines) is 1. The van der Waals surface area contributed by atoms with E-state index in [0.717, 1.165) is 25.9 Å². The summed E-state index contributed by atoms with van der Waals surface area (Å²) in [6.07, 6.45) is 1.16. The zero-order valence-corrected chi connectivity index (χ0v) is 14.5. The Morgan fingerprint density at radius 3 is 2.30 bits per heavy atom. The van der Waals surface area contributed by atoms with Gasteiger partial charge in [-0.05, 0) is 33.6 Å². The fraction of sp³-hybridized carbons (Fsp3) is 0.875. The van der Waals surface area contributed by atoms with Crippen molar-refractivity contribution in [2.24, 2.45) is 0 Å². The maximum absolute atomic E-state index is 12.3. The van der Waals surface area contributed by atoms with Crippen LogP contribution in [0.2, 0.25) is 0 Å². The number of alkyl carbamates (subject to hydrolysis) is 1. The lowest BCUT2D eigenvalue weighted by molar-refractivity contribution is -0.134. The molecule has 2 fully saturated rings. The molecule has 0 spiro atoms. The minimum Gasteiger partial charge on any atom is -0.444 e. The quantitative estimate of drug-likeness (QED) is 0.831. The molecule has 0 aromatic carbocycles. The van der Waals surface area contributed by atoms with Crippen LogP contribution in [-0.2, 0) is 14.3 Å². The van der Waals surface area contributed by atoms with E-state index in [0.29, 0.717) is 32.8 Å². The highest BCUT2D eigenvalue weighted by atomic mass is 16.6. The molecule has 2 aliphatic rings. The number of nitrogens with zero attached hydrogens (tertiary/aromatic N) is 2. The van der Waals surface area contributed by atoms with Gasteiger partial charge in [0.2, 0.25) is 5.91 Å². The highest BCUT2D eigenvalue weighted by Crippen LogP contribution is 2.13. The molecule has 23 heavy (non-hydrogen) atoms. The summed E-state index contributed by atoms with van der Waals surface area (Å²) >= 11 is 0. The van der Waals surface area contributed by atoms with Gasteiger partial charge >= 0.3 is 6.09 Å². The van der Waals surface area contributed by atoms with E-state index in [1.165, 1.54) is 0 Å². The van der Waals surface area contributed by atoms with Crippen molar-refractivity contribution in [3.63, 3.8) is 0 Å². The molecule has 7 nitrogen and oxygen atoms in total. The predicted molar refractivity (Wildman–Crippen MR) is 86.2 cm³/mol. The lowest BCUT2D eigenvalue weighted by Crippen LogP contribution is -2.50. The Morgan fingerprint density at radius 2 is 1.74 bits per heavy atom. The zero-order valence-electron chi connectivity index (χ0n) is 14.5. The molecule has 1 N–H and O–H groups in total. The van der Waals surface area contributed by atoms with Crippen molar-refractivity contribution in [2.45, 2.75) is 45.3 Å². The van der Waals surface area contributed by atoms with Crippen LogP contribution in [0.4, 0.5) is 4.79 Å². The number of morpholine rings is 1. The monoisotopic (exact) mass is 327 g/mol. The fourth-order valence-corrected chi connectivity index (χ4v) is 2.80. The lowest BCUT2D eigenvalue weighted by atomic mass is 10.1. The van der Waals surface area contributed by atoms with Gasteiger partial charge in [-0.1, -0.05) is 0 Å². The minimum absolute atomic E-state index is 0.0808. The Labute approximate surface area is 138 Å². The van der Waals surface area contributed by atoms with Crippen molar-refractivity contribution >= 4 is 12.0 Å². The van der Waals surface area contributed by atoms with Crippen molar-refractivity contribution in [1.29, 1.82) is 0 Å². The van der Waals surface area contributed by atoms with Crippen LogP contribution < -0.4 is 5.32 Å². The first-order valence-electron chi connectivity index (χ1n) is 8.41. The molecule has 0 aromatic heterocycles. The number of amides is 2. The SMILES string of the molecule is CC(C)(C)OC(=O)NC1CCN(C(=O)CN2CCOCC2)CC1. The van der Waals surface area contributed by atoms with E-state index in [9.17, 15) is 9.59 Å². The maximum atomic E-state index is 12.3. The Hall–Kier alpha value is -1.34. The largest absolute Gasteiger partial charge is 0.444 e. The van der Waals surface area contributed by atoms with Crippen LogP contribution in [0.25, 0.3) is 0 Å². The summed E-state index contributed by atoms with van der Waals surface area (Å²) in [7, 11) is 0. The third-order valence-corrected chi connectivity index (χ3v) is 4.03. The number of hydrogen-bond acceptors (Lipinski definition) is 5. The fourth-order valence-electron chi connectivity index (χ4n) is 2.80. The molecule has 2 heterocycles. The molecule has 132 valence electrons. The summed E-state index contributed by atoms with van der Waals surface area (Å²) in [4.78, 5) is 28.1. The predicted octanol–water partition coefficient (Wildman–Crippen LogP) is 0.834. The summed E-state index contributed by atoms with van der Waals surface area (Å²) in [5, 5.41) is 2.89. The molecule has 0 radical (unpaired) electrons. The topological polar surface area (TPSA) is 71.1 Å². The van der Waals surface area contributed by atoms with Gasteiger partial charge in [0.1, 0.15) is 5.60 Å². The lowest BCUT2D eigenvalue weighted by Gasteiger charge is -2.34. The molecule has 7 heteroatoms. The van der Waals surface area contributed by atoms with Crippen LogP contribution in [0.5, 0.6) is 0 Å². The van der Waals surface area contributed by atoms with E-state index >= 15 is 0 Å². The van der Waals surface area contributed by atoms with Crippen LogP contribution >= 0.6 is 0 Å². The van der Waals surface area contributed by atoms with Gasteiger partial charge in [-0.15, -0.1) is 0 Å². The van der Waals surface area contributed by atoms with Gasteiger partial charge in [0.15, 0.2) is 0 Å². The normalized spacial score (nSPS) is 21.1. The second-order valence-electron chi connectivity index (χ2n) is 7.19. The standard InChI is InChI=1S/C16H29N3O4/c1-16(2,3)23-15(21)17-13-4-6-19(7-5-13)14(20)12-18-8-10-22-11-9-18/h13H,4-12H2,1-3H3,(H,17,21). The summed E-state index contributed by atoms with van der Waals surface area (Å²) in [6, 6.07) is 0.0808. The summed E-state index contributed by atoms with van der Waals surface area (Å²) in [5.41, 5.74) is -0.487. The van der Waals surface area contributed by atoms with Gasteiger partial charge in [-0.2, -0.15) is 0 Å². The molecule has 2 aliphatic heterocycles. The van der Waals surface area contributed by atoms with Crippen LogP contribution in [-0.4, -0.2) is 79.4 Å². The van der Waals surface area contributed by atoms with Crippen LogP contribution in [0.15, 0.2) is 0 Å². The van der Waals surface area contributed by atoms with Crippen molar-refractivity contribution in [3.8, 4) is 0 Å². The van der Waals surface area contributed by atoms with E-state index < -0.39 is 5.60 Å². The van der Waals surface area contributed by atoms with E-state index in [2.05, 4.69) is 10.2 Å². The third kappa shape index (κ3) is 6.35. The zero-order chi connectivity index (χ0) is 16.9. The van der Waals surface area contributed by atoms with Crippen molar-refractivity contribution in [1.82, 2.24) is 15.1 Å². The van der Waals surface area contributed by atoms with Crippen LogP contribution in [0.1, 0.15) is 33.6 Å². The minimum atomic E-state index is -0.487. The molecule has 0 atom stereocenters. The molecule has 2 saturated heterocycles. The number of ether oxygens (including phenoxy) is 2. The van der Waals surface area contributed by atoms with E-state index in [1.807, 2.05) is 25.7 Å². The summed E-state index contributed by atoms with van der Waals surface area (Å²) in [6.45, 7) is 10.4. The average molecular weight is 327 g/mol. The number of rotatable bonds is 3. The molecule has 0 bridgehead atoms. The van der Waals surface area contributed by atoms with Crippen molar-refractivity contribution < 1.29 is 19.1 Å². The van der Waals surface area contributed by atoms with Crippen LogP contribution in [0, 0.1) is 0 Å². The van der Waals surface area contributed by atoms with Crippen LogP contribution in [0.3, 0.4) is 0 Å². The number of piperidine rings is 1. The molecule has 0 unspecified atom stereocenters. The first-order chi connectivity index (χ1) is 10.8. The highest BCUT2D eigenvalue weighted by molar-refractivity contribution is 5.78. The van der Waals surface area contributed by atoms with Crippen molar-refractivity contribution in [3.05, 3.63) is 0 Å². The maximum Gasteiger partial charge on any atom is 0.407 e. The Balaban J connectivity index is 1.68. The second-order valence-corrected chi connectivity index (χ2v) is 7.19. The van der Waals surface area contributed by atoms with E-state index in [4.69, 9.17) is 9.47 Å². The van der Waals surface area contributed by atoms with Gasteiger partial charge in [-0.3, -0.25) is 9.69 Å². The molecule has 2 rings (SSSR count). The van der Waals surface area contributed by atoms with Crippen molar-refractivity contribution in [2.75, 3.05) is 45.9 Å². The molecule has 0 saturated carbocycles. The first kappa shape index (κ1) is 18.0. The van der Waals surface area contributed by atoms with Gasteiger partial charge in [-0.25, -0.2) is 4.79 Å². The Morgan fingerprint density at radius 1 is 1.13 bits per heavy atom. The Kier molecular flexibility index (Phi) is 6.24. The molecular weight excluding hydrogens is 298 g/mol.